The molecule has 0 bridgehead atoms. The van der Waals surface area contributed by atoms with Crippen molar-refractivity contribution in [3.63, 3.8) is 0 Å². The molecule has 1 aromatic rings. The third kappa shape index (κ3) is 5.33. The summed E-state index contributed by atoms with van der Waals surface area (Å²) in [5.41, 5.74) is 1.70. The monoisotopic (exact) mass is 489 g/mol. The maximum absolute atomic E-state index is 13.0. The largest absolute Gasteiger partial charge is 0.342 e. The lowest BCUT2D eigenvalue weighted by molar-refractivity contribution is -0.139. The Bertz CT molecular complexity index is 1020. The molecule has 34 heavy (non-hydrogen) atoms. The van der Waals surface area contributed by atoms with Gasteiger partial charge in [-0.3, -0.25) is 9.59 Å². The van der Waals surface area contributed by atoms with Crippen molar-refractivity contribution in [1.29, 1.82) is 0 Å². The summed E-state index contributed by atoms with van der Waals surface area (Å²) in [5.74, 6) is 1.72. The Labute approximate surface area is 204 Å². The zero-order valence-electron chi connectivity index (χ0n) is 20.9. The van der Waals surface area contributed by atoms with Crippen molar-refractivity contribution in [1.82, 2.24) is 9.62 Å². The lowest BCUT2D eigenvalue weighted by atomic mass is 9.80. The van der Waals surface area contributed by atoms with Gasteiger partial charge in [-0.15, -0.1) is 0 Å². The number of nitrogens with zero attached hydrogens (tertiary/aromatic N) is 2. The van der Waals surface area contributed by atoms with Crippen LogP contribution in [0.15, 0.2) is 23.1 Å². The number of anilines is 1. The van der Waals surface area contributed by atoms with E-state index in [1.54, 1.807) is 23.1 Å². The van der Waals surface area contributed by atoms with Crippen LogP contribution in [0.25, 0.3) is 0 Å². The van der Waals surface area contributed by atoms with E-state index < -0.39 is 10.0 Å². The van der Waals surface area contributed by atoms with E-state index >= 15 is 0 Å². The molecule has 1 N–H and O–H groups in total. The average Bonchev–Trinajstić information content (AvgIpc) is 3.12. The predicted octanol–water partition coefficient (Wildman–Crippen LogP) is 3.57. The van der Waals surface area contributed by atoms with Crippen molar-refractivity contribution < 1.29 is 18.0 Å². The van der Waals surface area contributed by atoms with E-state index in [1.165, 1.54) is 13.3 Å². The second-order valence-corrected chi connectivity index (χ2v) is 12.8. The molecule has 0 radical (unpaired) electrons. The molecule has 2 aliphatic heterocycles. The van der Waals surface area contributed by atoms with Crippen LogP contribution in [0, 0.1) is 23.7 Å². The van der Waals surface area contributed by atoms with Gasteiger partial charge in [0.1, 0.15) is 0 Å². The summed E-state index contributed by atoms with van der Waals surface area (Å²) in [7, 11) is -3.62. The molecule has 1 aliphatic carbocycles. The molecule has 4 rings (SSSR count). The molecule has 0 unspecified atom stereocenters. The van der Waals surface area contributed by atoms with Crippen LogP contribution in [0.2, 0.25) is 0 Å². The molecular weight excluding hydrogens is 450 g/mol. The maximum Gasteiger partial charge on any atom is 0.240 e. The minimum absolute atomic E-state index is 0.0293. The van der Waals surface area contributed by atoms with Gasteiger partial charge in [-0.25, -0.2) is 13.1 Å². The molecule has 0 spiro atoms. The second-order valence-electron chi connectivity index (χ2n) is 11.0. The third-order valence-corrected chi connectivity index (χ3v) is 9.28. The molecule has 7 nitrogen and oxygen atoms in total. The molecule has 1 aromatic carbocycles. The number of nitrogens with one attached hydrogen (secondary N) is 1. The topological polar surface area (TPSA) is 86.8 Å². The number of amides is 2. The highest BCUT2D eigenvalue weighted by molar-refractivity contribution is 7.89. The van der Waals surface area contributed by atoms with Gasteiger partial charge >= 0.3 is 0 Å². The zero-order chi connectivity index (χ0) is 24.6. The number of carbonyl (C=O) groups is 2. The molecule has 0 aromatic heterocycles. The Kier molecular flexibility index (Phi) is 7.38. The van der Waals surface area contributed by atoms with Crippen molar-refractivity contribution in [2.24, 2.45) is 23.7 Å². The van der Waals surface area contributed by atoms with Crippen LogP contribution in [0.3, 0.4) is 0 Å². The fourth-order valence-corrected chi connectivity index (χ4v) is 7.45. The number of likely N-dealkylation sites (tertiary alicyclic amines) is 1. The van der Waals surface area contributed by atoms with E-state index in [4.69, 9.17) is 0 Å². The van der Waals surface area contributed by atoms with Gasteiger partial charge in [0.2, 0.25) is 21.8 Å². The van der Waals surface area contributed by atoms with Crippen LogP contribution in [0.4, 0.5) is 5.69 Å². The lowest BCUT2D eigenvalue weighted by Gasteiger charge is -2.38. The molecule has 2 fully saturated rings. The van der Waals surface area contributed by atoms with E-state index in [1.807, 2.05) is 6.92 Å². The summed E-state index contributed by atoms with van der Waals surface area (Å²) in [4.78, 5) is 29.0. The highest BCUT2D eigenvalue weighted by Crippen LogP contribution is 2.35. The summed E-state index contributed by atoms with van der Waals surface area (Å²) in [6.07, 6.45) is 5.25. The first-order chi connectivity index (χ1) is 16.0. The van der Waals surface area contributed by atoms with Gasteiger partial charge in [-0.05, 0) is 87.0 Å². The normalized spacial score (nSPS) is 29.7. The smallest absolute Gasteiger partial charge is 0.240 e. The van der Waals surface area contributed by atoms with Gasteiger partial charge < -0.3 is 9.80 Å². The van der Waals surface area contributed by atoms with Crippen LogP contribution >= 0.6 is 0 Å². The summed E-state index contributed by atoms with van der Waals surface area (Å²) in [6.45, 7) is 10.1. The molecule has 2 amide bonds. The molecular formula is C26H39N3O4S. The predicted molar refractivity (Wildman–Crippen MR) is 133 cm³/mol. The standard InChI is InChI=1S/C26H39N3O4S/c1-17-11-18(2)16-28(15-17)26(31)22-7-5-21(6-8-22)14-27-34(32,33)24-9-10-25-23(13-24)12-19(3)29(25)20(4)30/h9-10,13,17-19,21-22,27H,5-8,11-12,14-16H2,1-4H3/t17-,18+,19-,21?,22?/m0/s1. The number of fused-ring (bicyclic) bond motifs is 1. The highest BCUT2D eigenvalue weighted by atomic mass is 32.2. The maximum atomic E-state index is 13.0. The van der Waals surface area contributed by atoms with Crippen LogP contribution < -0.4 is 9.62 Å². The molecule has 8 heteroatoms. The van der Waals surface area contributed by atoms with E-state index in [0.29, 0.717) is 30.7 Å². The number of benzene rings is 1. The first kappa shape index (κ1) is 25.2. The average molecular weight is 490 g/mol. The van der Waals surface area contributed by atoms with Crippen molar-refractivity contribution in [2.75, 3.05) is 24.5 Å². The number of hydrogen-bond donors (Lipinski definition) is 1. The fourth-order valence-electron chi connectivity index (χ4n) is 6.28. The molecule has 2 heterocycles. The first-order valence-corrected chi connectivity index (χ1v) is 14.2. The Balaban J connectivity index is 1.30. The van der Waals surface area contributed by atoms with Crippen molar-refractivity contribution in [2.45, 2.75) is 77.2 Å². The van der Waals surface area contributed by atoms with E-state index in [9.17, 15) is 18.0 Å². The Morgan fingerprint density at radius 2 is 1.68 bits per heavy atom. The molecule has 3 aliphatic rings. The summed E-state index contributed by atoms with van der Waals surface area (Å²) >= 11 is 0. The second kappa shape index (κ2) is 9.97. The minimum atomic E-state index is -3.62. The molecule has 188 valence electrons. The van der Waals surface area contributed by atoms with Crippen molar-refractivity contribution in [3.8, 4) is 0 Å². The zero-order valence-corrected chi connectivity index (χ0v) is 21.7. The SMILES string of the molecule is CC(=O)N1c2ccc(S(=O)(=O)NCC3CCC(C(=O)N4C[C@H](C)C[C@H](C)C4)CC3)cc2C[C@@H]1C. The van der Waals surface area contributed by atoms with Crippen LogP contribution in [0.1, 0.15) is 65.4 Å². The van der Waals surface area contributed by atoms with Crippen molar-refractivity contribution >= 4 is 27.5 Å². The van der Waals surface area contributed by atoms with Gasteiger partial charge in [0, 0.05) is 44.2 Å². The number of rotatable bonds is 5. The van der Waals surface area contributed by atoms with Gasteiger partial charge in [-0.1, -0.05) is 13.8 Å². The van der Waals surface area contributed by atoms with E-state index in [-0.39, 0.29) is 28.7 Å². The van der Waals surface area contributed by atoms with Gasteiger partial charge in [-0.2, -0.15) is 0 Å². The van der Waals surface area contributed by atoms with Crippen molar-refractivity contribution in [3.05, 3.63) is 23.8 Å². The Morgan fingerprint density at radius 3 is 2.29 bits per heavy atom. The number of hydrogen-bond acceptors (Lipinski definition) is 4. The first-order valence-electron chi connectivity index (χ1n) is 12.8. The van der Waals surface area contributed by atoms with Gasteiger partial charge in [0.05, 0.1) is 4.90 Å². The van der Waals surface area contributed by atoms with Gasteiger partial charge in [0.15, 0.2) is 0 Å². The fraction of sp³-hybridized carbons (Fsp3) is 0.692. The third-order valence-electron chi connectivity index (χ3n) is 7.85. The van der Waals surface area contributed by atoms with Gasteiger partial charge in [0.25, 0.3) is 0 Å². The Morgan fingerprint density at radius 1 is 1.03 bits per heavy atom. The summed E-state index contributed by atoms with van der Waals surface area (Å²) < 4.78 is 28.7. The lowest BCUT2D eigenvalue weighted by Crippen LogP contribution is -2.46. The Hall–Kier alpha value is -1.93. The van der Waals surface area contributed by atoms with Crippen LogP contribution in [0.5, 0.6) is 0 Å². The van der Waals surface area contributed by atoms with Crippen LogP contribution in [-0.4, -0.2) is 50.8 Å². The highest BCUT2D eigenvalue weighted by Gasteiger charge is 2.34. The summed E-state index contributed by atoms with van der Waals surface area (Å²) in [6, 6.07) is 5.07. The number of carbonyl (C=O) groups excluding carboxylic acids is 2. The van der Waals surface area contributed by atoms with E-state index in [0.717, 1.165) is 50.0 Å². The van der Waals surface area contributed by atoms with Crippen LogP contribution in [-0.2, 0) is 26.0 Å². The van der Waals surface area contributed by atoms with E-state index in [2.05, 4.69) is 23.5 Å². The molecule has 1 saturated carbocycles. The minimum Gasteiger partial charge on any atom is -0.342 e. The molecule has 3 atom stereocenters. The quantitative estimate of drug-likeness (QED) is 0.685. The number of sulfonamides is 1. The summed E-state index contributed by atoms with van der Waals surface area (Å²) in [5, 5.41) is 0. The number of piperidine rings is 1. The molecule has 1 saturated heterocycles.